The summed E-state index contributed by atoms with van der Waals surface area (Å²) < 4.78 is 1.12. The average Bonchev–Trinajstić information content (AvgIpc) is 2.48. The lowest BCUT2D eigenvalue weighted by atomic mass is 9.92. The normalized spacial score (nSPS) is 12.4. The van der Waals surface area contributed by atoms with Crippen LogP contribution in [0.2, 0.25) is 0 Å². The Morgan fingerprint density at radius 2 is 1.75 bits per heavy atom. The fourth-order valence-corrected chi connectivity index (χ4v) is 3.04. The predicted octanol–water partition coefficient (Wildman–Crippen LogP) is 4.93. The molecule has 2 rings (SSSR count). The zero-order valence-electron chi connectivity index (χ0n) is 12.4. The molecule has 0 aliphatic carbocycles. The molecule has 2 N–H and O–H groups in total. The zero-order chi connectivity index (χ0) is 14.7. The predicted molar refractivity (Wildman–Crippen MR) is 90.1 cm³/mol. The minimum Gasteiger partial charge on any atom is -0.320 e. The number of rotatable bonds is 4. The molecule has 0 heterocycles. The highest BCUT2D eigenvalue weighted by molar-refractivity contribution is 9.10. The van der Waals surface area contributed by atoms with E-state index in [1.165, 1.54) is 27.8 Å². The molecule has 0 aromatic heterocycles. The van der Waals surface area contributed by atoms with Crippen molar-refractivity contribution in [2.75, 3.05) is 0 Å². The van der Waals surface area contributed by atoms with Crippen molar-refractivity contribution in [1.29, 1.82) is 0 Å². The summed E-state index contributed by atoms with van der Waals surface area (Å²) in [5, 5.41) is 0. The van der Waals surface area contributed by atoms with Crippen LogP contribution in [0.15, 0.2) is 40.9 Å². The van der Waals surface area contributed by atoms with Crippen LogP contribution < -0.4 is 5.73 Å². The Kier molecular flexibility index (Phi) is 5.00. The summed E-state index contributed by atoms with van der Waals surface area (Å²) in [6, 6.07) is 12.8. The molecule has 2 aromatic carbocycles. The van der Waals surface area contributed by atoms with Crippen molar-refractivity contribution in [2.24, 2.45) is 5.73 Å². The number of halogens is 1. The maximum absolute atomic E-state index is 6.48. The van der Waals surface area contributed by atoms with Gasteiger partial charge in [0.15, 0.2) is 0 Å². The average molecular weight is 332 g/mol. The van der Waals surface area contributed by atoms with Crippen LogP contribution >= 0.6 is 15.9 Å². The van der Waals surface area contributed by atoms with E-state index in [1.54, 1.807) is 0 Å². The number of hydrogen-bond donors (Lipinski definition) is 1. The van der Waals surface area contributed by atoms with Gasteiger partial charge in [-0.3, -0.25) is 0 Å². The Bertz CT molecular complexity index is 604. The van der Waals surface area contributed by atoms with E-state index in [0.29, 0.717) is 0 Å². The lowest BCUT2D eigenvalue weighted by Crippen LogP contribution is -2.14. The second kappa shape index (κ2) is 6.55. The molecule has 0 radical (unpaired) electrons. The van der Waals surface area contributed by atoms with Crippen molar-refractivity contribution < 1.29 is 0 Å². The Morgan fingerprint density at radius 3 is 2.40 bits per heavy atom. The summed E-state index contributed by atoms with van der Waals surface area (Å²) in [5.41, 5.74) is 12.9. The van der Waals surface area contributed by atoms with Crippen LogP contribution in [-0.2, 0) is 12.8 Å². The van der Waals surface area contributed by atoms with Crippen LogP contribution in [-0.4, -0.2) is 0 Å². The highest BCUT2D eigenvalue weighted by Gasteiger charge is 2.14. The standard InChI is InChI=1S/C18H22BrN/c1-4-13-9-10-15(11-14(13)5-2)18(20)16-7-6-8-17(19)12(16)3/h6-11,18H,4-5,20H2,1-3H3. The molecule has 0 saturated heterocycles. The van der Waals surface area contributed by atoms with E-state index < -0.39 is 0 Å². The maximum atomic E-state index is 6.48. The summed E-state index contributed by atoms with van der Waals surface area (Å²) in [5.74, 6) is 0. The van der Waals surface area contributed by atoms with Gasteiger partial charge in [-0.25, -0.2) is 0 Å². The molecule has 0 aliphatic heterocycles. The Balaban J connectivity index is 2.43. The molecule has 0 amide bonds. The zero-order valence-corrected chi connectivity index (χ0v) is 14.0. The largest absolute Gasteiger partial charge is 0.320 e. The first-order valence-corrected chi connectivity index (χ1v) is 8.00. The molecule has 1 unspecified atom stereocenters. The molecule has 2 aromatic rings. The highest BCUT2D eigenvalue weighted by atomic mass is 79.9. The van der Waals surface area contributed by atoms with Gasteiger partial charge in [0, 0.05) is 4.47 Å². The first-order chi connectivity index (χ1) is 9.58. The molecular weight excluding hydrogens is 310 g/mol. The molecule has 0 saturated carbocycles. The monoisotopic (exact) mass is 331 g/mol. The van der Waals surface area contributed by atoms with Gasteiger partial charge in [0.2, 0.25) is 0 Å². The van der Waals surface area contributed by atoms with Gasteiger partial charge in [0.25, 0.3) is 0 Å². The first kappa shape index (κ1) is 15.3. The van der Waals surface area contributed by atoms with E-state index in [4.69, 9.17) is 5.73 Å². The summed E-state index contributed by atoms with van der Waals surface area (Å²) >= 11 is 3.58. The third kappa shape index (κ3) is 2.97. The summed E-state index contributed by atoms with van der Waals surface area (Å²) in [4.78, 5) is 0. The fraction of sp³-hybridized carbons (Fsp3) is 0.333. The van der Waals surface area contributed by atoms with Crippen LogP contribution in [0.25, 0.3) is 0 Å². The van der Waals surface area contributed by atoms with Crippen LogP contribution in [0.3, 0.4) is 0 Å². The van der Waals surface area contributed by atoms with Crippen LogP contribution in [0, 0.1) is 6.92 Å². The van der Waals surface area contributed by atoms with Gasteiger partial charge >= 0.3 is 0 Å². The van der Waals surface area contributed by atoms with E-state index >= 15 is 0 Å². The first-order valence-electron chi connectivity index (χ1n) is 7.20. The molecule has 20 heavy (non-hydrogen) atoms. The van der Waals surface area contributed by atoms with E-state index in [2.05, 4.69) is 67.0 Å². The second-order valence-corrected chi connectivity index (χ2v) is 6.02. The number of benzene rings is 2. The quantitative estimate of drug-likeness (QED) is 0.844. The van der Waals surface area contributed by atoms with Crippen molar-refractivity contribution in [1.82, 2.24) is 0 Å². The fourth-order valence-electron chi connectivity index (χ4n) is 2.65. The Morgan fingerprint density at radius 1 is 1.05 bits per heavy atom. The maximum Gasteiger partial charge on any atom is 0.0554 e. The lowest BCUT2D eigenvalue weighted by Gasteiger charge is -2.18. The van der Waals surface area contributed by atoms with Gasteiger partial charge < -0.3 is 5.73 Å². The molecule has 1 atom stereocenters. The topological polar surface area (TPSA) is 26.0 Å². The summed E-state index contributed by atoms with van der Waals surface area (Å²) in [6.45, 7) is 6.52. The Labute approximate surface area is 130 Å². The van der Waals surface area contributed by atoms with Crippen molar-refractivity contribution in [2.45, 2.75) is 39.7 Å². The second-order valence-electron chi connectivity index (χ2n) is 5.17. The molecule has 0 bridgehead atoms. The molecule has 0 fully saturated rings. The van der Waals surface area contributed by atoms with Gasteiger partial charge in [-0.2, -0.15) is 0 Å². The third-order valence-corrected chi connectivity index (χ3v) is 4.85. The molecule has 106 valence electrons. The van der Waals surface area contributed by atoms with Crippen molar-refractivity contribution in [3.8, 4) is 0 Å². The molecular formula is C18H22BrN. The van der Waals surface area contributed by atoms with Gasteiger partial charge in [-0.05, 0) is 53.6 Å². The Hall–Kier alpha value is -1.12. The summed E-state index contributed by atoms with van der Waals surface area (Å²) in [7, 11) is 0. The number of aryl methyl sites for hydroxylation is 2. The molecule has 1 nitrogen and oxygen atoms in total. The van der Waals surface area contributed by atoms with Gasteiger partial charge in [0.05, 0.1) is 6.04 Å². The highest BCUT2D eigenvalue weighted by Crippen LogP contribution is 2.28. The van der Waals surface area contributed by atoms with Crippen molar-refractivity contribution in [3.63, 3.8) is 0 Å². The van der Waals surface area contributed by atoms with Crippen molar-refractivity contribution in [3.05, 3.63) is 68.7 Å². The van der Waals surface area contributed by atoms with E-state index in [9.17, 15) is 0 Å². The third-order valence-electron chi connectivity index (χ3n) is 4.00. The smallest absolute Gasteiger partial charge is 0.0554 e. The summed E-state index contributed by atoms with van der Waals surface area (Å²) in [6.07, 6.45) is 2.13. The molecule has 0 spiro atoms. The van der Waals surface area contributed by atoms with Crippen LogP contribution in [0.1, 0.15) is 47.7 Å². The molecule has 0 aliphatic rings. The van der Waals surface area contributed by atoms with E-state index in [0.717, 1.165) is 17.3 Å². The molecule has 2 heteroatoms. The van der Waals surface area contributed by atoms with Gasteiger partial charge in [-0.15, -0.1) is 0 Å². The number of hydrogen-bond acceptors (Lipinski definition) is 1. The van der Waals surface area contributed by atoms with E-state index in [-0.39, 0.29) is 6.04 Å². The van der Waals surface area contributed by atoms with Crippen molar-refractivity contribution >= 4 is 15.9 Å². The van der Waals surface area contributed by atoms with Gasteiger partial charge in [0.1, 0.15) is 0 Å². The minimum atomic E-state index is -0.0660. The minimum absolute atomic E-state index is 0.0660. The van der Waals surface area contributed by atoms with Gasteiger partial charge in [-0.1, -0.05) is 60.1 Å². The lowest BCUT2D eigenvalue weighted by molar-refractivity contribution is 0.853. The van der Waals surface area contributed by atoms with Crippen LogP contribution in [0.4, 0.5) is 0 Å². The van der Waals surface area contributed by atoms with Crippen LogP contribution in [0.5, 0.6) is 0 Å². The SMILES string of the molecule is CCc1ccc(C(N)c2cccc(Br)c2C)cc1CC. The number of nitrogens with two attached hydrogens (primary N) is 1. The van der Waals surface area contributed by atoms with E-state index in [1.807, 2.05) is 6.07 Å².